The largest absolute Gasteiger partial charge is 0.491 e. The molecule has 5 nitrogen and oxygen atoms in total. The molecule has 0 fully saturated rings. The van der Waals surface area contributed by atoms with E-state index >= 15 is 0 Å². The van der Waals surface area contributed by atoms with Crippen LogP contribution in [-0.4, -0.2) is 28.7 Å². The highest BCUT2D eigenvalue weighted by Crippen LogP contribution is 2.22. The Morgan fingerprint density at radius 2 is 2.00 bits per heavy atom. The van der Waals surface area contributed by atoms with Crippen molar-refractivity contribution in [1.29, 1.82) is 0 Å². The van der Waals surface area contributed by atoms with Crippen LogP contribution in [0.5, 0.6) is 5.75 Å². The number of para-hydroxylation sites is 2. The molecule has 0 amide bonds. The number of aromatic nitrogens is 2. The van der Waals surface area contributed by atoms with Crippen LogP contribution in [0.25, 0.3) is 5.69 Å². The summed E-state index contributed by atoms with van der Waals surface area (Å²) in [6.45, 7) is 2.96. The van der Waals surface area contributed by atoms with E-state index in [0.717, 1.165) is 37.1 Å². The molecule has 2 rings (SSSR count). The summed E-state index contributed by atoms with van der Waals surface area (Å²) in [5, 5.41) is 0. The first-order valence-corrected chi connectivity index (χ1v) is 8.17. The molecule has 0 radical (unpaired) electrons. The first-order valence-electron chi connectivity index (χ1n) is 8.17. The minimum atomic E-state index is -0.0991. The van der Waals surface area contributed by atoms with E-state index in [1.54, 1.807) is 12.5 Å². The molecule has 0 saturated heterocycles. The molecule has 1 aromatic carbocycles. The lowest BCUT2D eigenvalue weighted by molar-refractivity contribution is -0.143. The molecular weight excluding hydrogens is 292 g/mol. The zero-order valence-electron chi connectivity index (χ0n) is 13.6. The molecule has 0 atom stereocenters. The van der Waals surface area contributed by atoms with Crippen molar-refractivity contribution < 1.29 is 14.3 Å². The number of unbranched alkanes of at least 4 members (excludes halogenated alkanes) is 3. The number of nitrogens with zero attached hydrogens (tertiary/aromatic N) is 2. The SMILES string of the molecule is CCOC(=O)CCCCCCOc1ccccc1-n1ccnc1. The third-order valence-electron chi connectivity index (χ3n) is 3.49. The van der Waals surface area contributed by atoms with Crippen LogP contribution in [0.2, 0.25) is 0 Å². The van der Waals surface area contributed by atoms with Crippen LogP contribution < -0.4 is 4.74 Å². The molecule has 5 heteroatoms. The third kappa shape index (κ3) is 5.77. The molecule has 0 unspecified atom stereocenters. The van der Waals surface area contributed by atoms with Gasteiger partial charge in [-0.15, -0.1) is 0 Å². The summed E-state index contributed by atoms with van der Waals surface area (Å²) in [6.07, 6.45) is 9.84. The fourth-order valence-electron chi connectivity index (χ4n) is 2.33. The molecule has 1 aromatic heterocycles. The summed E-state index contributed by atoms with van der Waals surface area (Å²) >= 11 is 0. The number of benzene rings is 1. The quantitative estimate of drug-likeness (QED) is 0.494. The Hall–Kier alpha value is -2.30. The lowest BCUT2D eigenvalue weighted by Gasteiger charge is -2.11. The highest BCUT2D eigenvalue weighted by molar-refractivity contribution is 5.69. The van der Waals surface area contributed by atoms with Gasteiger partial charge in [-0.2, -0.15) is 0 Å². The van der Waals surface area contributed by atoms with Gasteiger partial charge in [-0.3, -0.25) is 4.79 Å². The predicted molar refractivity (Wildman–Crippen MR) is 88.8 cm³/mol. The second-order valence-corrected chi connectivity index (χ2v) is 5.26. The highest BCUT2D eigenvalue weighted by Gasteiger charge is 2.05. The molecule has 0 aliphatic carbocycles. The van der Waals surface area contributed by atoms with E-state index < -0.39 is 0 Å². The highest BCUT2D eigenvalue weighted by atomic mass is 16.5. The molecule has 124 valence electrons. The van der Waals surface area contributed by atoms with Crippen LogP contribution in [0.15, 0.2) is 43.0 Å². The topological polar surface area (TPSA) is 53.4 Å². The Kier molecular flexibility index (Phi) is 7.17. The number of esters is 1. The van der Waals surface area contributed by atoms with Gasteiger partial charge in [0.1, 0.15) is 5.75 Å². The molecule has 0 aliphatic rings. The van der Waals surface area contributed by atoms with Crippen LogP contribution >= 0.6 is 0 Å². The maximum Gasteiger partial charge on any atom is 0.305 e. The van der Waals surface area contributed by atoms with Gasteiger partial charge in [0, 0.05) is 18.8 Å². The fourth-order valence-corrected chi connectivity index (χ4v) is 2.33. The van der Waals surface area contributed by atoms with Crippen molar-refractivity contribution in [3.05, 3.63) is 43.0 Å². The van der Waals surface area contributed by atoms with Gasteiger partial charge in [-0.1, -0.05) is 25.0 Å². The number of carbonyl (C=O) groups is 1. The zero-order chi connectivity index (χ0) is 16.3. The Morgan fingerprint density at radius 1 is 1.17 bits per heavy atom. The number of ether oxygens (including phenoxy) is 2. The summed E-state index contributed by atoms with van der Waals surface area (Å²) in [5.74, 6) is 0.759. The number of hydrogen-bond acceptors (Lipinski definition) is 4. The van der Waals surface area contributed by atoms with Gasteiger partial charge in [-0.05, 0) is 31.9 Å². The van der Waals surface area contributed by atoms with Gasteiger partial charge >= 0.3 is 5.97 Å². The van der Waals surface area contributed by atoms with Crippen molar-refractivity contribution in [1.82, 2.24) is 9.55 Å². The Balaban J connectivity index is 1.66. The van der Waals surface area contributed by atoms with Gasteiger partial charge in [-0.25, -0.2) is 4.98 Å². The Morgan fingerprint density at radius 3 is 2.78 bits per heavy atom. The average Bonchev–Trinajstić information content (AvgIpc) is 3.09. The summed E-state index contributed by atoms with van der Waals surface area (Å²) in [6, 6.07) is 7.93. The first-order chi connectivity index (χ1) is 11.3. The second kappa shape index (κ2) is 9.66. The monoisotopic (exact) mass is 316 g/mol. The smallest absolute Gasteiger partial charge is 0.305 e. The summed E-state index contributed by atoms with van der Waals surface area (Å²) in [5.41, 5.74) is 0.993. The molecule has 1 heterocycles. The van der Waals surface area contributed by atoms with Crippen molar-refractivity contribution in [2.75, 3.05) is 13.2 Å². The fraction of sp³-hybridized carbons (Fsp3) is 0.444. The van der Waals surface area contributed by atoms with Crippen LogP contribution in [0, 0.1) is 0 Å². The van der Waals surface area contributed by atoms with E-state index in [1.165, 1.54) is 0 Å². The van der Waals surface area contributed by atoms with Crippen molar-refractivity contribution in [2.45, 2.75) is 39.0 Å². The van der Waals surface area contributed by atoms with Gasteiger partial charge in [0.2, 0.25) is 0 Å². The van der Waals surface area contributed by atoms with E-state index in [4.69, 9.17) is 9.47 Å². The zero-order valence-corrected chi connectivity index (χ0v) is 13.6. The Labute approximate surface area is 137 Å². The normalized spacial score (nSPS) is 10.5. The van der Waals surface area contributed by atoms with Crippen molar-refractivity contribution in [3.8, 4) is 11.4 Å². The number of carbonyl (C=O) groups excluding carboxylic acids is 1. The van der Waals surface area contributed by atoms with E-state index in [9.17, 15) is 4.79 Å². The van der Waals surface area contributed by atoms with Crippen LogP contribution in [0.4, 0.5) is 0 Å². The van der Waals surface area contributed by atoms with Gasteiger partial charge < -0.3 is 14.0 Å². The van der Waals surface area contributed by atoms with E-state index in [-0.39, 0.29) is 5.97 Å². The van der Waals surface area contributed by atoms with Crippen molar-refractivity contribution in [2.24, 2.45) is 0 Å². The first kappa shape index (κ1) is 17.1. The number of imidazole rings is 1. The van der Waals surface area contributed by atoms with Crippen molar-refractivity contribution >= 4 is 5.97 Å². The summed E-state index contributed by atoms with van der Waals surface area (Å²) < 4.78 is 12.7. The third-order valence-corrected chi connectivity index (χ3v) is 3.49. The minimum Gasteiger partial charge on any atom is -0.491 e. The number of rotatable bonds is 10. The van der Waals surface area contributed by atoms with E-state index in [0.29, 0.717) is 19.6 Å². The Bertz CT molecular complexity index is 582. The van der Waals surface area contributed by atoms with Gasteiger partial charge in [0.05, 0.1) is 25.2 Å². The van der Waals surface area contributed by atoms with E-state index in [2.05, 4.69) is 4.98 Å². The van der Waals surface area contributed by atoms with Crippen LogP contribution in [0.3, 0.4) is 0 Å². The van der Waals surface area contributed by atoms with E-state index in [1.807, 2.05) is 42.0 Å². The minimum absolute atomic E-state index is 0.0991. The molecule has 23 heavy (non-hydrogen) atoms. The second-order valence-electron chi connectivity index (χ2n) is 5.26. The van der Waals surface area contributed by atoms with Gasteiger partial charge in [0.15, 0.2) is 0 Å². The standard InChI is InChI=1S/C18H24N2O3/c1-2-22-18(21)11-5-3-4-8-14-23-17-10-7-6-9-16(17)20-13-12-19-15-20/h6-7,9-10,12-13,15H,2-5,8,11,14H2,1H3. The van der Waals surface area contributed by atoms with Crippen LogP contribution in [-0.2, 0) is 9.53 Å². The molecule has 0 aliphatic heterocycles. The summed E-state index contributed by atoms with van der Waals surface area (Å²) in [7, 11) is 0. The molecule has 0 N–H and O–H groups in total. The maximum absolute atomic E-state index is 11.2. The molecule has 0 saturated carbocycles. The molecular formula is C18H24N2O3. The number of hydrogen-bond donors (Lipinski definition) is 0. The molecule has 2 aromatic rings. The lowest BCUT2D eigenvalue weighted by Crippen LogP contribution is -2.04. The lowest BCUT2D eigenvalue weighted by atomic mass is 10.1. The molecule has 0 spiro atoms. The molecule has 0 bridgehead atoms. The maximum atomic E-state index is 11.2. The van der Waals surface area contributed by atoms with Crippen molar-refractivity contribution in [3.63, 3.8) is 0 Å². The van der Waals surface area contributed by atoms with Gasteiger partial charge in [0.25, 0.3) is 0 Å². The predicted octanol–water partition coefficient (Wildman–Crippen LogP) is 3.76. The van der Waals surface area contributed by atoms with Crippen LogP contribution in [0.1, 0.15) is 39.0 Å². The average molecular weight is 316 g/mol. The summed E-state index contributed by atoms with van der Waals surface area (Å²) in [4.78, 5) is 15.3.